The van der Waals surface area contributed by atoms with Crippen LogP contribution in [0.4, 0.5) is 16.2 Å². The number of hydrogen-bond acceptors (Lipinski definition) is 5. The van der Waals surface area contributed by atoms with Gasteiger partial charge in [0.15, 0.2) is 11.5 Å². The van der Waals surface area contributed by atoms with Crippen LogP contribution in [0.1, 0.15) is 11.1 Å². The van der Waals surface area contributed by atoms with E-state index in [1.165, 1.54) is 16.9 Å². The Morgan fingerprint density at radius 1 is 0.833 bits per heavy atom. The Hall–Kier alpha value is -4.53. The Balaban J connectivity index is 1.44. The molecule has 186 valence electrons. The van der Waals surface area contributed by atoms with Gasteiger partial charge in [-0.1, -0.05) is 54.6 Å². The van der Waals surface area contributed by atoms with Gasteiger partial charge >= 0.3 is 6.03 Å². The average Bonchev–Trinajstić information content (AvgIpc) is 2.92. The van der Waals surface area contributed by atoms with Gasteiger partial charge in [0.25, 0.3) is 0 Å². The Morgan fingerprint density at radius 3 is 2.28 bits per heavy atom. The number of anilines is 2. The number of urea groups is 1. The quantitative estimate of drug-likeness (QED) is 0.508. The van der Waals surface area contributed by atoms with Gasteiger partial charge in [-0.3, -0.25) is 19.4 Å². The van der Waals surface area contributed by atoms with E-state index in [1.807, 2.05) is 42.5 Å². The maximum atomic E-state index is 13.0. The zero-order chi connectivity index (χ0) is 25.5. The lowest BCUT2D eigenvalue weighted by Gasteiger charge is -2.35. The summed E-state index contributed by atoms with van der Waals surface area (Å²) in [5.41, 5.74) is 2.76. The fourth-order valence-corrected chi connectivity index (χ4v) is 4.07. The third kappa shape index (κ3) is 5.41. The van der Waals surface area contributed by atoms with Crippen molar-refractivity contribution in [2.45, 2.75) is 13.1 Å². The van der Waals surface area contributed by atoms with E-state index in [-0.39, 0.29) is 37.5 Å². The predicted molar refractivity (Wildman–Crippen MR) is 136 cm³/mol. The Kier molecular flexibility index (Phi) is 7.69. The molecule has 0 saturated heterocycles. The molecule has 3 aromatic rings. The first-order chi connectivity index (χ1) is 17.5. The molecule has 0 radical (unpaired) electrons. The van der Waals surface area contributed by atoms with Crippen LogP contribution in [0.2, 0.25) is 0 Å². The van der Waals surface area contributed by atoms with Gasteiger partial charge in [0, 0.05) is 18.7 Å². The highest BCUT2D eigenvalue weighted by atomic mass is 16.5. The van der Waals surface area contributed by atoms with E-state index < -0.39 is 0 Å². The third-order valence-corrected chi connectivity index (χ3v) is 5.85. The van der Waals surface area contributed by atoms with Crippen molar-refractivity contribution < 1.29 is 23.9 Å². The molecule has 9 heteroatoms. The minimum Gasteiger partial charge on any atom is -0.493 e. The first kappa shape index (κ1) is 24.6. The highest BCUT2D eigenvalue weighted by Crippen LogP contribution is 2.33. The molecule has 0 bridgehead atoms. The van der Waals surface area contributed by atoms with Crippen LogP contribution in [0, 0.1) is 0 Å². The molecule has 1 heterocycles. The molecule has 0 aromatic heterocycles. The summed E-state index contributed by atoms with van der Waals surface area (Å²) in [5, 5.41) is 5.69. The minimum atomic E-state index is -0.381. The van der Waals surface area contributed by atoms with Gasteiger partial charge in [0.05, 0.1) is 25.6 Å². The number of hydrogen-bond donors (Lipinski definition) is 2. The summed E-state index contributed by atoms with van der Waals surface area (Å²) in [4.78, 5) is 41.5. The largest absolute Gasteiger partial charge is 0.493 e. The molecule has 0 atom stereocenters. The number of benzene rings is 3. The molecule has 2 N–H and O–H groups in total. The van der Waals surface area contributed by atoms with Gasteiger partial charge in [-0.15, -0.1) is 0 Å². The number of para-hydroxylation sites is 3. The Morgan fingerprint density at radius 2 is 1.56 bits per heavy atom. The second-order valence-corrected chi connectivity index (χ2v) is 8.13. The van der Waals surface area contributed by atoms with E-state index in [2.05, 4.69) is 10.6 Å². The third-order valence-electron chi connectivity index (χ3n) is 5.85. The molecule has 0 fully saturated rings. The van der Waals surface area contributed by atoms with Crippen molar-refractivity contribution in [2.24, 2.45) is 0 Å². The van der Waals surface area contributed by atoms with Crippen LogP contribution in [0.3, 0.4) is 0 Å². The van der Waals surface area contributed by atoms with Crippen LogP contribution in [0.25, 0.3) is 0 Å². The maximum absolute atomic E-state index is 13.0. The van der Waals surface area contributed by atoms with Crippen LogP contribution in [0.5, 0.6) is 11.5 Å². The fraction of sp³-hybridized carbons (Fsp3) is 0.222. The number of fused-ring (bicyclic) bond motifs is 1. The SMILES string of the molecule is COc1cccc(CNC(=O)CN2C(=O)CN(C(=O)NCc3ccccc3)c3ccccc32)c1OC. The molecule has 0 unspecified atom stereocenters. The van der Waals surface area contributed by atoms with Crippen LogP contribution in [0.15, 0.2) is 72.8 Å². The van der Waals surface area contributed by atoms with Crippen molar-refractivity contribution in [1.29, 1.82) is 0 Å². The van der Waals surface area contributed by atoms with E-state index in [0.717, 1.165) is 11.1 Å². The molecule has 1 aliphatic rings. The molecule has 3 aromatic carbocycles. The summed E-state index contributed by atoms with van der Waals surface area (Å²) < 4.78 is 10.7. The summed E-state index contributed by atoms with van der Waals surface area (Å²) in [6.45, 7) is 0.194. The summed E-state index contributed by atoms with van der Waals surface area (Å²) >= 11 is 0. The number of nitrogens with zero attached hydrogens (tertiary/aromatic N) is 2. The highest BCUT2D eigenvalue weighted by Gasteiger charge is 2.33. The number of carbonyl (C=O) groups excluding carboxylic acids is 3. The van der Waals surface area contributed by atoms with Crippen molar-refractivity contribution in [2.75, 3.05) is 37.1 Å². The van der Waals surface area contributed by atoms with Crippen molar-refractivity contribution >= 4 is 29.2 Å². The molecule has 0 spiro atoms. The van der Waals surface area contributed by atoms with Crippen LogP contribution >= 0.6 is 0 Å². The lowest BCUT2D eigenvalue weighted by Crippen LogP contribution is -2.53. The van der Waals surface area contributed by atoms with Crippen molar-refractivity contribution in [3.63, 3.8) is 0 Å². The summed E-state index contributed by atoms with van der Waals surface area (Å²) in [6.07, 6.45) is 0. The van der Waals surface area contributed by atoms with Crippen LogP contribution < -0.4 is 29.9 Å². The van der Waals surface area contributed by atoms with E-state index in [0.29, 0.717) is 29.4 Å². The minimum absolute atomic E-state index is 0.172. The van der Waals surface area contributed by atoms with Gasteiger partial charge in [0.1, 0.15) is 13.1 Å². The van der Waals surface area contributed by atoms with Crippen molar-refractivity contribution in [1.82, 2.24) is 10.6 Å². The van der Waals surface area contributed by atoms with Gasteiger partial charge in [-0.25, -0.2) is 4.79 Å². The zero-order valence-electron chi connectivity index (χ0n) is 20.2. The molecule has 36 heavy (non-hydrogen) atoms. The summed E-state index contributed by atoms with van der Waals surface area (Å²) in [6, 6.07) is 21.6. The van der Waals surface area contributed by atoms with E-state index >= 15 is 0 Å². The molecule has 9 nitrogen and oxygen atoms in total. The number of rotatable bonds is 8. The maximum Gasteiger partial charge on any atom is 0.322 e. The molecular weight excluding hydrogens is 460 g/mol. The first-order valence-corrected chi connectivity index (χ1v) is 11.5. The van der Waals surface area contributed by atoms with Crippen LogP contribution in [-0.2, 0) is 22.7 Å². The molecule has 4 rings (SSSR count). The number of carbonyl (C=O) groups is 3. The summed E-state index contributed by atoms with van der Waals surface area (Å²) in [7, 11) is 3.08. The monoisotopic (exact) mass is 488 g/mol. The predicted octanol–water partition coefficient (Wildman–Crippen LogP) is 3.08. The van der Waals surface area contributed by atoms with Gasteiger partial charge in [-0.05, 0) is 23.8 Å². The van der Waals surface area contributed by atoms with Gasteiger partial charge < -0.3 is 20.1 Å². The second kappa shape index (κ2) is 11.3. The highest BCUT2D eigenvalue weighted by molar-refractivity contribution is 6.12. The standard InChI is InChI=1S/C27H28N4O5/c1-35-23-14-8-11-20(26(23)36-2)16-28-24(32)17-30-21-12-6-7-13-22(21)31(18-25(30)33)27(34)29-15-19-9-4-3-5-10-19/h3-14H,15-18H2,1-2H3,(H,28,32)(H,29,34). The van der Waals surface area contributed by atoms with Gasteiger partial charge in [-0.2, -0.15) is 0 Å². The fourth-order valence-electron chi connectivity index (χ4n) is 4.07. The lowest BCUT2D eigenvalue weighted by atomic mass is 10.1. The number of methoxy groups -OCH3 is 2. The van der Waals surface area contributed by atoms with E-state index in [4.69, 9.17) is 9.47 Å². The molecule has 1 aliphatic heterocycles. The normalized spacial score (nSPS) is 12.6. The van der Waals surface area contributed by atoms with Crippen molar-refractivity contribution in [3.05, 3.63) is 83.9 Å². The van der Waals surface area contributed by atoms with Crippen molar-refractivity contribution in [3.8, 4) is 11.5 Å². The number of amides is 4. The van der Waals surface area contributed by atoms with E-state index in [9.17, 15) is 14.4 Å². The molecule has 0 aliphatic carbocycles. The number of nitrogens with one attached hydrogen (secondary N) is 2. The Bertz CT molecular complexity index is 1250. The first-order valence-electron chi connectivity index (χ1n) is 11.5. The molecular formula is C27H28N4O5. The topological polar surface area (TPSA) is 100 Å². The lowest BCUT2D eigenvalue weighted by molar-refractivity contribution is -0.123. The zero-order valence-corrected chi connectivity index (χ0v) is 20.2. The smallest absolute Gasteiger partial charge is 0.322 e. The van der Waals surface area contributed by atoms with E-state index in [1.54, 1.807) is 37.4 Å². The average molecular weight is 489 g/mol. The van der Waals surface area contributed by atoms with Crippen LogP contribution in [-0.4, -0.2) is 45.2 Å². The summed E-state index contributed by atoms with van der Waals surface area (Å²) in [5.74, 6) is 0.412. The number of ether oxygens (including phenoxy) is 2. The van der Waals surface area contributed by atoms with Gasteiger partial charge in [0.2, 0.25) is 11.8 Å². The Labute approximate surface area is 209 Å². The molecule has 0 saturated carbocycles. The second-order valence-electron chi connectivity index (χ2n) is 8.13. The molecule has 4 amide bonds.